The van der Waals surface area contributed by atoms with Crippen LogP contribution in [0.2, 0.25) is 0 Å². The number of nitrogens with zero attached hydrogens (tertiary/aromatic N) is 1. The smallest absolute Gasteiger partial charge is 0.220 e. The van der Waals surface area contributed by atoms with Crippen LogP contribution in [0.5, 0.6) is 0 Å². The van der Waals surface area contributed by atoms with Gasteiger partial charge in [0.05, 0.1) is 0 Å². The first-order chi connectivity index (χ1) is 10.8. The number of thioether (sulfide) groups is 1. The van der Waals surface area contributed by atoms with E-state index < -0.39 is 0 Å². The summed E-state index contributed by atoms with van der Waals surface area (Å²) in [5, 5.41) is 3.05. The summed E-state index contributed by atoms with van der Waals surface area (Å²) in [5.74, 6) is 1.03. The maximum atomic E-state index is 11.8. The molecule has 1 fully saturated rings. The van der Waals surface area contributed by atoms with E-state index in [1.165, 1.54) is 43.7 Å². The number of rotatable bonds is 8. The molecule has 22 heavy (non-hydrogen) atoms. The largest absolute Gasteiger partial charge is 0.356 e. The average molecular weight is 321 g/mol. The van der Waals surface area contributed by atoms with Crippen LogP contribution in [0.4, 0.5) is 0 Å². The molecule has 0 atom stereocenters. The molecule has 1 aromatic rings. The Bertz CT molecular complexity index is 416. The standard InChI is InChI=1S/C18H28N2OS/c21-18(11-16-22-17-9-4-3-5-10-17)19-12-8-15-20-13-6-1-2-7-14-20/h3-5,9-10H,1-2,6-8,11-16H2,(H,19,21). The first-order valence-corrected chi connectivity index (χ1v) is 9.50. The summed E-state index contributed by atoms with van der Waals surface area (Å²) < 4.78 is 0. The van der Waals surface area contributed by atoms with Gasteiger partial charge in [-0.05, 0) is 51.0 Å². The maximum absolute atomic E-state index is 11.8. The highest BCUT2D eigenvalue weighted by molar-refractivity contribution is 7.99. The second-order valence-electron chi connectivity index (χ2n) is 5.87. The van der Waals surface area contributed by atoms with E-state index in [1.54, 1.807) is 11.8 Å². The van der Waals surface area contributed by atoms with Crippen molar-refractivity contribution in [1.82, 2.24) is 10.2 Å². The molecule has 1 aromatic carbocycles. The normalized spacial score (nSPS) is 16.2. The van der Waals surface area contributed by atoms with E-state index in [1.807, 2.05) is 18.2 Å². The van der Waals surface area contributed by atoms with Gasteiger partial charge in [0.25, 0.3) is 0 Å². The highest BCUT2D eigenvalue weighted by atomic mass is 32.2. The van der Waals surface area contributed by atoms with E-state index in [9.17, 15) is 4.79 Å². The molecule has 0 aliphatic carbocycles. The summed E-state index contributed by atoms with van der Waals surface area (Å²) in [6.07, 6.45) is 7.10. The van der Waals surface area contributed by atoms with Crippen LogP contribution in [0, 0.1) is 0 Å². The minimum atomic E-state index is 0.180. The first kappa shape index (κ1) is 17.4. The second kappa shape index (κ2) is 10.7. The molecule has 0 aromatic heterocycles. The summed E-state index contributed by atoms with van der Waals surface area (Å²) in [6.45, 7) is 4.41. The Hall–Kier alpha value is -1.00. The minimum absolute atomic E-state index is 0.180. The van der Waals surface area contributed by atoms with Crippen LogP contribution in [0.1, 0.15) is 38.5 Å². The predicted octanol–water partition coefficient (Wildman–Crippen LogP) is 3.55. The summed E-state index contributed by atoms with van der Waals surface area (Å²) >= 11 is 1.74. The molecule has 4 heteroatoms. The van der Waals surface area contributed by atoms with Crippen LogP contribution < -0.4 is 5.32 Å². The third-order valence-electron chi connectivity index (χ3n) is 4.01. The molecule has 0 unspecified atom stereocenters. The van der Waals surface area contributed by atoms with Crippen LogP contribution in [0.15, 0.2) is 35.2 Å². The molecular weight excluding hydrogens is 292 g/mol. The van der Waals surface area contributed by atoms with Crippen molar-refractivity contribution >= 4 is 17.7 Å². The van der Waals surface area contributed by atoms with Crippen molar-refractivity contribution in [2.45, 2.75) is 43.4 Å². The van der Waals surface area contributed by atoms with Gasteiger partial charge in [-0.2, -0.15) is 0 Å². The zero-order valence-electron chi connectivity index (χ0n) is 13.4. The van der Waals surface area contributed by atoms with Crippen molar-refractivity contribution in [3.8, 4) is 0 Å². The zero-order valence-corrected chi connectivity index (χ0v) is 14.2. The van der Waals surface area contributed by atoms with Crippen LogP contribution >= 0.6 is 11.8 Å². The number of hydrogen-bond donors (Lipinski definition) is 1. The predicted molar refractivity (Wildman–Crippen MR) is 94.3 cm³/mol. The molecule has 3 nitrogen and oxygen atoms in total. The lowest BCUT2D eigenvalue weighted by Gasteiger charge is -2.19. The van der Waals surface area contributed by atoms with Gasteiger partial charge in [-0.1, -0.05) is 31.0 Å². The minimum Gasteiger partial charge on any atom is -0.356 e. The fourth-order valence-corrected chi connectivity index (χ4v) is 3.63. The van der Waals surface area contributed by atoms with Crippen molar-refractivity contribution < 1.29 is 4.79 Å². The molecule has 0 spiro atoms. The number of hydrogen-bond acceptors (Lipinski definition) is 3. The molecule has 1 N–H and O–H groups in total. The summed E-state index contributed by atoms with van der Waals surface area (Å²) in [7, 11) is 0. The van der Waals surface area contributed by atoms with Crippen LogP contribution in [-0.2, 0) is 4.79 Å². The van der Waals surface area contributed by atoms with E-state index in [0.29, 0.717) is 6.42 Å². The Balaban J connectivity index is 1.48. The Labute approximate surface area is 138 Å². The number of likely N-dealkylation sites (tertiary alicyclic amines) is 1. The quantitative estimate of drug-likeness (QED) is 0.587. The summed E-state index contributed by atoms with van der Waals surface area (Å²) in [4.78, 5) is 15.6. The van der Waals surface area contributed by atoms with Crippen molar-refractivity contribution in [2.75, 3.05) is 31.9 Å². The first-order valence-electron chi connectivity index (χ1n) is 8.51. The topological polar surface area (TPSA) is 32.3 Å². The van der Waals surface area contributed by atoms with Crippen LogP contribution in [0.25, 0.3) is 0 Å². The molecule has 1 aliphatic rings. The van der Waals surface area contributed by atoms with Crippen molar-refractivity contribution in [1.29, 1.82) is 0 Å². The van der Waals surface area contributed by atoms with Crippen molar-refractivity contribution in [2.24, 2.45) is 0 Å². The monoisotopic (exact) mass is 320 g/mol. The number of amides is 1. The average Bonchev–Trinajstić information content (AvgIpc) is 2.81. The number of carbonyl (C=O) groups excluding carboxylic acids is 1. The summed E-state index contributed by atoms with van der Waals surface area (Å²) in [6, 6.07) is 10.3. The van der Waals surface area contributed by atoms with E-state index in [-0.39, 0.29) is 5.91 Å². The van der Waals surface area contributed by atoms with Crippen LogP contribution in [-0.4, -0.2) is 42.7 Å². The van der Waals surface area contributed by atoms with Gasteiger partial charge < -0.3 is 10.2 Å². The Morgan fingerprint density at radius 1 is 1.09 bits per heavy atom. The molecule has 1 aliphatic heterocycles. The molecule has 0 radical (unpaired) electrons. The molecule has 1 amide bonds. The van der Waals surface area contributed by atoms with E-state index in [0.717, 1.165) is 25.3 Å². The van der Waals surface area contributed by atoms with Crippen molar-refractivity contribution in [3.05, 3.63) is 30.3 Å². The zero-order chi connectivity index (χ0) is 15.5. The van der Waals surface area contributed by atoms with Gasteiger partial charge in [-0.25, -0.2) is 0 Å². The lowest BCUT2D eigenvalue weighted by atomic mass is 10.2. The van der Waals surface area contributed by atoms with E-state index in [2.05, 4.69) is 22.3 Å². The highest BCUT2D eigenvalue weighted by Crippen LogP contribution is 2.17. The second-order valence-corrected chi connectivity index (χ2v) is 7.04. The van der Waals surface area contributed by atoms with E-state index >= 15 is 0 Å². The molecule has 1 saturated heterocycles. The Kier molecular flexibility index (Phi) is 8.43. The highest BCUT2D eigenvalue weighted by Gasteiger charge is 2.08. The van der Waals surface area contributed by atoms with Gasteiger partial charge in [0, 0.05) is 23.6 Å². The number of nitrogens with one attached hydrogen (secondary N) is 1. The van der Waals surface area contributed by atoms with Gasteiger partial charge in [0.15, 0.2) is 0 Å². The van der Waals surface area contributed by atoms with Crippen molar-refractivity contribution in [3.63, 3.8) is 0 Å². The van der Waals surface area contributed by atoms with Crippen LogP contribution in [0.3, 0.4) is 0 Å². The molecule has 1 heterocycles. The lowest BCUT2D eigenvalue weighted by Crippen LogP contribution is -2.30. The number of carbonyl (C=O) groups is 1. The Morgan fingerprint density at radius 3 is 2.55 bits per heavy atom. The fourth-order valence-electron chi connectivity index (χ4n) is 2.76. The molecule has 122 valence electrons. The lowest BCUT2D eigenvalue weighted by molar-refractivity contribution is -0.120. The maximum Gasteiger partial charge on any atom is 0.220 e. The third-order valence-corrected chi connectivity index (χ3v) is 5.03. The van der Waals surface area contributed by atoms with Gasteiger partial charge in [-0.3, -0.25) is 4.79 Å². The molecule has 2 rings (SSSR count). The van der Waals surface area contributed by atoms with Gasteiger partial charge in [0.1, 0.15) is 0 Å². The Morgan fingerprint density at radius 2 is 1.82 bits per heavy atom. The summed E-state index contributed by atoms with van der Waals surface area (Å²) in [5.41, 5.74) is 0. The molecule has 0 saturated carbocycles. The van der Waals surface area contributed by atoms with Gasteiger partial charge >= 0.3 is 0 Å². The van der Waals surface area contributed by atoms with Gasteiger partial charge in [0.2, 0.25) is 5.91 Å². The molecule has 0 bridgehead atoms. The SMILES string of the molecule is O=C(CCSc1ccccc1)NCCCN1CCCCCC1. The van der Waals surface area contributed by atoms with Gasteiger partial charge in [-0.15, -0.1) is 11.8 Å². The molecular formula is C18H28N2OS. The third kappa shape index (κ3) is 7.32. The van der Waals surface area contributed by atoms with E-state index in [4.69, 9.17) is 0 Å². The number of benzene rings is 1. The fraction of sp³-hybridized carbons (Fsp3) is 0.611.